The van der Waals surface area contributed by atoms with Crippen molar-refractivity contribution in [1.82, 2.24) is 19.1 Å². The Morgan fingerprint density at radius 1 is 0.923 bits per heavy atom. The molecule has 2 aromatic carbocycles. The lowest BCUT2D eigenvalue weighted by atomic mass is 10.0. The summed E-state index contributed by atoms with van der Waals surface area (Å²) in [5, 5.41) is 1.38. The van der Waals surface area contributed by atoms with E-state index >= 15 is 0 Å². The van der Waals surface area contributed by atoms with Gasteiger partial charge in [0.15, 0.2) is 11.5 Å². The molecule has 0 amide bonds. The summed E-state index contributed by atoms with van der Waals surface area (Å²) in [7, 11) is 3.20. The zero-order chi connectivity index (χ0) is 27.5. The SMILES string of the molecule is CCCOc1ccc2c(c1)c(=O)n(C1CCN(c3ncnc4cc(OC)c(OC)cc34)CC1)c(=O)n2CCC. The van der Waals surface area contributed by atoms with Gasteiger partial charge in [-0.25, -0.2) is 14.8 Å². The van der Waals surface area contributed by atoms with Crippen LogP contribution in [0.3, 0.4) is 0 Å². The number of nitrogens with zero attached hydrogens (tertiary/aromatic N) is 5. The van der Waals surface area contributed by atoms with Crippen LogP contribution < -0.4 is 30.4 Å². The highest BCUT2D eigenvalue weighted by molar-refractivity contribution is 5.92. The van der Waals surface area contributed by atoms with E-state index in [1.165, 1.54) is 4.57 Å². The van der Waals surface area contributed by atoms with Crippen molar-refractivity contribution >= 4 is 27.6 Å². The number of fused-ring (bicyclic) bond motifs is 2. The molecule has 10 heteroatoms. The average molecular weight is 534 g/mol. The van der Waals surface area contributed by atoms with Gasteiger partial charge in [-0.15, -0.1) is 0 Å². The third-order valence-corrected chi connectivity index (χ3v) is 7.31. The van der Waals surface area contributed by atoms with E-state index in [-0.39, 0.29) is 17.3 Å². The Morgan fingerprint density at radius 2 is 1.67 bits per heavy atom. The Bertz CT molecular complexity index is 1600. The lowest BCUT2D eigenvalue weighted by Gasteiger charge is -2.34. The van der Waals surface area contributed by atoms with Gasteiger partial charge in [-0.05, 0) is 49.9 Å². The molecule has 0 saturated carbocycles. The Labute approximate surface area is 226 Å². The molecule has 0 atom stereocenters. The summed E-state index contributed by atoms with van der Waals surface area (Å²) in [6, 6.07) is 8.97. The molecular weight excluding hydrogens is 498 g/mol. The van der Waals surface area contributed by atoms with E-state index in [0.717, 1.165) is 29.6 Å². The minimum atomic E-state index is -0.257. The van der Waals surface area contributed by atoms with Crippen LogP contribution in [0.4, 0.5) is 5.82 Å². The Balaban J connectivity index is 1.49. The number of rotatable bonds is 9. The van der Waals surface area contributed by atoms with Gasteiger partial charge < -0.3 is 19.1 Å². The number of piperidine rings is 1. The van der Waals surface area contributed by atoms with E-state index in [9.17, 15) is 9.59 Å². The molecule has 1 aliphatic heterocycles. The predicted molar refractivity (Wildman–Crippen MR) is 152 cm³/mol. The molecule has 4 aromatic rings. The number of anilines is 1. The van der Waals surface area contributed by atoms with Gasteiger partial charge in [0.2, 0.25) is 0 Å². The zero-order valence-electron chi connectivity index (χ0n) is 23.0. The lowest BCUT2D eigenvalue weighted by molar-refractivity contribution is 0.317. The van der Waals surface area contributed by atoms with Gasteiger partial charge in [-0.1, -0.05) is 13.8 Å². The van der Waals surface area contributed by atoms with Gasteiger partial charge >= 0.3 is 5.69 Å². The molecule has 0 bridgehead atoms. The van der Waals surface area contributed by atoms with E-state index < -0.39 is 0 Å². The Morgan fingerprint density at radius 3 is 2.36 bits per heavy atom. The molecule has 1 aliphatic rings. The van der Waals surface area contributed by atoms with Crippen LogP contribution >= 0.6 is 0 Å². The van der Waals surface area contributed by atoms with Crippen molar-refractivity contribution < 1.29 is 14.2 Å². The summed E-state index contributed by atoms with van der Waals surface area (Å²) in [5.74, 6) is 2.66. The molecule has 206 valence electrons. The lowest BCUT2D eigenvalue weighted by Crippen LogP contribution is -2.46. The molecule has 0 unspecified atom stereocenters. The normalized spacial score (nSPS) is 14.2. The summed E-state index contributed by atoms with van der Waals surface area (Å²) in [4.78, 5) is 38.5. The molecule has 3 heterocycles. The van der Waals surface area contributed by atoms with Crippen LogP contribution in [0, 0.1) is 0 Å². The maximum Gasteiger partial charge on any atom is 0.331 e. The second-order valence-corrected chi connectivity index (χ2v) is 9.78. The number of hydrogen-bond acceptors (Lipinski definition) is 8. The minimum Gasteiger partial charge on any atom is -0.494 e. The predicted octanol–water partition coefficient (Wildman–Crippen LogP) is 4.16. The monoisotopic (exact) mass is 533 g/mol. The maximum absolute atomic E-state index is 13.7. The number of benzene rings is 2. The van der Waals surface area contributed by atoms with Crippen LogP contribution in [0.1, 0.15) is 45.6 Å². The molecule has 0 spiro atoms. The van der Waals surface area contributed by atoms with E-state index in [0.29, 0.717) is 67.2 Å². The van der Waals surface area contributed by atoms with Crippen molar-refractivity contribution in [3.05, 3.63) is 57.5 Å². The first-order valence-electron chi connectivity index (χ1n) is 13.5. The van der Waals surface area contributed by atoms with Crippen molar-refractivity contribution in [3.63, 3.8) is 0 Å². The van der Waals surface area contributed by atoms with E-state index in [1.807, 2.05) is 38.1 Å². The third kappa shape index (κ3) is 4.91. The molecule has 0 aliphatic carbocycles. The molecule has 1 fully saturated rings. The number of aromatic nitrogens is 4. The summed E-state index contributed by atoms with van der Waals surface area (Å²) in [6.07, 6.45) is 4.48. The van der Waals surface area contributed by atoms with Gasteiger partial charge in [-0.2, -0.15) is 0 Å². The molecule has 0 radical (unpaired) electrons. The quantitative estimate of drug-likeness (QED) is 0.316. The van der Waals surface area contributed by atoms with Crippen LogP contribution in [0.15, 0.2) is 46.2 Å². The van der Waals surface area contributed by atoms with E-state index in [1.54, 1.807) is 31.2 Å². The largest absolute Gasteiger partial charge is 0.494 e. The fourth-order valence-corrected chi connectivity index (χ4v) is 5.40. The topological polar surface area (TPSA) is 101 Å². The fourth-order valence-electron chi connectivity index (χ4n) is 5.40. The van der Waals surface area contributed by atoms with Gasteiger partial charge in [-0.3, -0.25) is 13.9 Å². The van der Waals surface area contributed by atoms with Gasteiger partial charge in [0.25, 0.3) is 5.56 Å². The summed E-state index contributed by atoms with van der Waals surface area (Å²) in [5.41, 5.74) is 0.904. The second kappa shape index (κ2) is 11.3. The second-order valence-electron chi connectivity index (χ2n) is 9.78. The standard InChI is InChI=1S/C29H35N5O5/c1-5-11-33-24-8-7-20(39-14-6-2)15-22(24)28(35)34(29(33)36)19-9-12-32(13-10-19)27-21-16-25(37-3)26(38-4)17-23(21)30-18-31-27/h7-8,15-19H,5-6,9-14H2,1-4H3. The molecule has 1 saturated heterocycles. The van der Waals surface area contributed by atoms with Crippen molar-refractivity contribution in [3.8, 4) is 17.2 Å². The minimum absolute atomic E-state index is 0.211. The first-order chi connectivity index (χ1) is 19.0. The molecule has 5 rings (SSSR count). The van der Waals surface area contributed by atoms with Gasteiger partial charge in [0.05, 0.1) is 37.2 Å². The van der Waals surface area contributed by atoms with Crippen molar-refractivity contribution in [2.24, 2.45) is 0 Å². The summed E-state index contributed by atoms with van der Waals surface area (Å²) >= 11 is 0. The smallest absolute Gasteiger partial charge is 0.331 e. The van der Waals surface area contributed by atoms with Gasteiger partial charge in [0, 0.05) is 37.1 Å². The van der Waals surface area contributed by atoms with Crippen molar-refractivity contribution in [1.29, 1.82) is 0 Å². The molecule has 0 N–H and O–H groups in total. The van der Waals surface area contributed by atoms with Gasteiger partial charge in [0.1, 0.15) is 17.9 Å². The van der Waals surface area contributed by atoms with Crippen LogP contribution in [0.25, 0.3) is 21.8 Å². The molecule has 10 nitrogen and oxygen atoms in total. The first-order valence-corrected chi connectivity index (χ1v) is 13.5. The Hall–Kier alpha value is -4.08. The van der Waals surface area contributed by atoms with Crippen LogP contribution in [0.2, 0.25) is 0 Å². The van der Waals surface area contributed by atoms with Crippen LogP contribution in [-0.2, 0) is 6.54 Å². The summed E-state index contributed by atoms with van der Waals surface area (Å²) in [6.45, 7) is 6.47. The van der Waals surface area contributed by atoms with Crippen molar-refractivity contribution in [2.75, 3.05) is 38.8 Å². The van der Waals surface area contributed by atoms with Crippen molar-refractivity contribution in [2.45, 2.75) is 52.1 Å². The first kappa shape index (κ1) is 26.5. The maximum atomic E-state index is 13.7. The Kier molecular flexibility index (Phi) is 7.72. The number of ether oxygens (including phenoxy) is 3. The fraction of sp³-hybridized carbons (Fsp3) is 0.448. The van der Waals surface area contributed by atoms with Crippen LogP contribution in [-0.4, -0.2) is 53.0 Å². The highest BCUT2D eigenvalue weighted by atomic mass is 16.5. The highest BCUT2D eigenvalue weighted by Crippen LogP contribution is 2.36. The molecule has 2 aromatic heterocycles. The van der Waals surface area contributed by atoms with E-state index in [2.05, 4.69) is 14.9 Å². The number of methoxy groups -OCH3 is 2. The van der Waals surface area contributed by atoms with E-state index in [4.69, 9.17) is 14.2 Å². The van der Waals surface area contributed by atoms with Crippen LogP contribution in [0.5, 0.6) is 17.2 Å². The summed E-state index contributed by atoms with van der Waals surface area (Å²) < 4.78 is 19.9. The molecular formula is C29H35N5O5. The average Bonchev–Trinajstić information content (AvgIpc) is 2.97. The molecule has 39 heavy (non-hydrogen) atoms. The zero-order valence-corrected chi connectivity index (χ0v) is 23.0. The number of hydrogen-bond donors (Lipinski definition) is 0. The highest BCUT2D eigenvalue weighted by Gasteiger charge is 2.27. The third-order valence-electron chi connectivity index (χ3n) is 7.31. The number of aryl methyl sites for hydroxylation is 1.